The molecule has 0 amide bonds. The standard InChI is InChI=1S/C16H21N3O/c1-16(2)11-19(7-8-20-16)10-12-9-14(17)13-5-3-4-6-15(13)18-12/h3-6,9H,7-8,10-11H2,1-2H3,(H2,17,18). The zero-order valence-electron chi connectivity index (χ0n) is 12.1. The van der Waals surface area contributed by atoms with Gasteiger partial charge in [-0.15, -0.1) is 0 Å². The van der Waals surface area contributed by atoms with E-state index in [9.17, 15) is 0 Å². The molecule has 1 aromatic heterocycles. The lowest BCUT2D eigenvalue weighted by Crippen LogP contribution is -2.47. The second-order valence-electron chi connectivity index (χ2n) is 6.04. The number of para-hydroxylation sites is 1. The molecule has 2 heterocycles. The summed E-state index contributed by atoms with van der Waals surface area (Å²) in [5.41, 5.74) is 8.85. The van der Waals surface area contributed by atoms with Gasteiger partial charge in [0.2, 0.25) is 0 Å². The van der Waals surface area contributed by atoms with Crippen LogP contribution in [0.1, 0.15) is 19.5 Å². The Morgan fingerprint density at radius 3 is 2.95 bits per heavy atom. The van der Waals surface area contributed by atoms with Crippen molar-refractivity contribution in [1.29, 1.82) is 0 Å². The molecule has 4 heteroatoms. The number of nitrogens with two attached hydrogens (primary N) is 1. The molecule has 0 aliphatic carbocycles. The SMILES string of the molecule is CC1(C)CN(Cc2cc(N)c3ccccc3n2)CCO1. The van der Waals surface area contributed by atoms with Gasteiger partial charge in [-0.25, -0.2) is 0 Å². The largest absolute Gasteiger partial charge is 0.398 e. The number of benzene rings is 1. The number of rotatable bonds is 2. The van der Waals surface area contributed by atoms with Crippen molar-refractivity contribution in [2.45, 2.75) is 26.0 Å². The van der Waals surface area contributed by atoms with Crippen LogP contribution in [-0.4, -0.2) is 35.2 Å². The molecule has 1 saturated heterocycles. The quantitative estimate of drug-likeness (QED) is 0.911. The van der Waals surface area contributed by atoms with Crippen molar-refractivity contribution >= 4 is 16.6 Å². The molecule has 0 radical (unpaired) electrons. The van der Waals surface area contributed by atoms with Gasteiger partial charge in [-0.1, -0.05) is 18.2 Å². The topological polar surface area (TPSA) is 51.4 Å². The van der Waals surface area contributed by atoms with Gasteiger partial charge < -0.3 is 10.5 Å². The first-order valence-electron chi connectivity index (χ1n) is 7.04. The van der Waals surface area contributed by atoms with Gasteiger partial charge in [0.25, 0.3) is 0 Å². The van der Waals surface area contributed by atoms with Crippen LogP contribution in [0.25, 0.3) is 10.9 Å². The molecule has 4 nitrogen and oxygen atoms in total. The molecular weight excluding hydrogens is 250 g/mol. The lowest BCUT2D eigenvalue weighted by Gasteiger charge is -2.38. The number of pyridine rings is 1. The fraction of sp³-hybridized carbons (Fsp3) is 0.438. The van der Waals surface area contributed by atoms with Crippen molar-refractivity contribution in [3.05, 3.63) is 36.0 Å². The minimum atomic E-state index is -0.0827. The Balaban J connectivity index is 1.84. The predicted octanol–water partition coefficient (Wildman–Crippen LogP) is 2.43. The molecule has 1 fully saturated rings. The van der Waals surface area contributed by atoms with Crippen molar-refractivity contribution in [3.63, 3.8) is 0 Å². The number of anilines is 1. The minimum Gasteiger partial charge on any atom is -0.398 e. The molecule has 0 atom stereocenters. The number of hydrogen-bond acceptors (Lipinski definition) is 4. The number of morpholine rings is 1. The van der Waals surface area contributed by atoms with E-state index in [2.05, 4.69) is 18.7 Å². The Morgan fingerprint density at radius 2 is 2.15 bits per heavy atom. The zero-order chi connectivity index (χ0) is 14.2. The van der Waals surface area contributed by atoms with Crippen LogP contribution in [0.3, 0.4) is 0 Å². The number of hydrogen-bond donors (Lipinski definition) is 1. The number of fused-ring (bicyclic) bond motifs is 1. The van der Waals surface area contributed by atoms with Gasteiger partial charge in [-0.3, -0.25) is 9.88 Å². The molecular formula is C16H21N3O. The maximum Gasteiger partial charge on any atom is 0.0753 e. The molecule has 0 saturated carbocycles. The van der Waals surface area contributed by atoms with Crippen molar-refractivity contribution in [3.8, 4) is 0 Å². The van der Waals surface area contributed by atoms with Crippen LogP contribution in [0.15, 0.2) is 30.3 Å². The second kappa shape index (κ2) is 5.04. The molecule has 106 valence electrons. The van der Waals surface area contributed by atoms with Crippen LogP contribution in [0.2, 0.25) is 0 Å². The molecule has 2 N–H and O–H groups in total. The highest BCUT2D eigenvalue weighted by molar-refractivity contribution is 5.90. The highest BCUT2D eigenvalue weighted by Crippen LogP contribution is 2.22. The fourth-order valence-electron chi connectivity index (χ4n) is 2.82. The molecule has 20 heavy (non-hydrogen) atoms. The number of nitrogens with zero attached hydrogens (tertiary/aromatic N) is 2. The Labute approximate surface area is 119 Å². The number of nitrogen functional groups attached to an aromatic ring is 1. The van der Waals surface area contributed by atoms with Gasteiger partial charge in [0.15, 0.2) is 0 Å². The van der Waals surface area contributed by atoms with Gasteiger partial charge in [-0.05, 0) is 26.0 Å². The smallest absolute Gasteiger partial charge is 0.0753 e. The van der Waals surface area contributed by atoms with E-state index in [-0.39, 0.29) is 5.60 Å². The summed E-state index contributed by atoms with van der Waals surface area (Å²) in [5, 5.41) is 1.03. The third-order valence-corrected chi connectivity index (χ3v) is 3.69. The second-order valence-corrected chi connectivity index (χ2v) is 6.04. The van der Waals surface area contributed by atoms with Gasteiger partial charge in [0, 0.05) is 30.7 Å². The highest BCUT2D eigenvalue weighted by atomic mass is 16.5. The van der Waals surface area contributed by atoms with Crippen LogP contribution in [0.5, 0.6) is 0 Å². The lowest BCUT2D eigenvalue weighted by atomic mass is 10.1. The summed E-state index contributed by atoms with van der Waals surface area (Å²) in [6.45, 7) is 7.71. The summed E-state index contributed by atoms with van der Waals surface area (Å²) >= 11 is 0. The van der Waals surface area contributed by atoms with E-state index in [1.807, 2.05) is 30.3 Å². The minimum absolute atomic E-state index is 0.0827. The Bertz CT molecular complexity index is 624. The van der Waals surface area contributed by atoms with Gasteiger partial charge in [-0.2, -0.15) is 0 Å². The highest BCUT2D eigenvalue weighted by Gasteiger charge is 2.27. The van der Waals surface area contributed by atoms with E-state index in [1.165, 1.54) is 0 Å². The molecule has 3 rings (SSSR count). The number of aromatic nitrogens is 1. The summed E-state index contributed by atoms with van der Waals surface area (Å²) in [4.78, 5) is 7.09. The summed E-state index contributed by atoms with van der Waals surface area (Å²) < 4.78 is 5.74. The average Bonchev–Trinajstić information content (AvgIpc) is 2.37. The molecule has 1 aliphatic heterocycles. The summed E-state index contributed by atoms with van der Waals surface area (Å²) in [6, 6.07) is 10.0. The lowest BCUT2D eigenvalue weighted by molar-refractivity contribution is -0.0885. The van der Waals surface area contributed by atoms with Crippen LogP contribution >= 0.6 is 0 Å². The van der Waals surface area contributed by atoms with Gasteiger partial charge in [0.05, 0.1) is 23.4 Å². The van der Waals surface area contributed by atoms with E-state index >= 15 is 0 Å². The van der Waals surface area contributed by atoms with Gasteiger partial charge >= 0.3 is 0 Å². The Morgan fingerprint density at radius 1 is 1.35 bits per heavy atom. The predicted molar refractivity (Wildman–Crippen MR) is 81.5 cm³/mol. The van der Waals surface area contributed by atoms with E-state index in [0.717, 1.165) is 48.5 Å². The van der Waals surface area contributed by atoms with Crippen molar-refractivity contribution < 1.29 is 4.74 Å². The first-order chi connectivity index (χ1) is 9.53. The van der Waals surface area contributed by atoms with Crippen molar-refractivity contribution in [1.82, 2.24) is 9.88 Å². The summed E-state index contributed by atoms with van der Waals surface area (Å²) in [5.74, 6) is 0. The first kappa shape index (κ1) is 13.3. The molecule has 1 aliphatic rings. The monoisotopic (exact) mass is 271 g/mol. The van der Waals surface area contributed by atoms with Crippen LogP contribution < -0.4 is 5.73 Å². The van der Waals surface area contributed by atoms with Crippen molar-refractivity contribution in [2.75, 3.05) is 25.4 Å². The van der Waals surface area contributed by atoms with E-state index in [4.69, 9.17) is 15.5 Å². The van der Waals surface area contributed by atoms with Crippen LogP contribution in [-0.2, 0) is 11.3 Å². The first-order valence-corrected chi connectivity index (χ1v) is 7.04. The third-order valence-electron chi connectivity index (χ3n) is 3.69. The number of ether oxygens (including phenoxy) is 1. The fourth-order valence-corrected chi connectivity index (χ4v) is 2.82. The molecule has 1 aromatic carbocycles. The molecule has 0 bridgehead atoms. The molecule has 2 aromatic rings. The molecule has 0 spiro atoms. The Kier molecular flexibility index (Phi) is 3.36. The van der Waals surface area contributed by atoms with Crippen LogP contribution in [0.4, 0.5) is 5.69 Å². The summed E-state index contributed by atoms with van der Waals surface area (Å²) in [7, 11) is 0. The maximum absolute atomic E-state index is 6.13. The van der Waals surface area contributed by atoms with E-state index < -0.39 is 0 Å². The normalized spacial score (nSPS) is 19.3. The van der Waals surface area contributed by atoms with E-state index in [1.54, 1.807) is 0 Å². The third kappa shape index (κ3) is 2.76. The molecule has 0 unspecified atom stereocenters. The summed E-state index contributed by atoms with van der Waals surface area (Å²) in [6.07, 6.45) is 0. The Hall–Kier alpha value is -1.65. The average molecular weight is 271 g/mol. The van der Waals surface area contributed by atoms with Gasteiger partial charge in [0.1, 0.15) is 0 Å². The van der Waals surface area contributed by atoms with E-state index in [0.29, 0.717) is 0 Å². The van der Waals surface area contributed by atoms with Crippen LogP contribution in [0, 0.1) is 0 Å². The zero-order valence-corrected chi connectivity index (χ0v) is 12.1. The maximum atomic E-state index is 6.13. The van der Waals surface area contributed by atoms with Crippen molar-refractivity contribution in [2.24, 2.45) is 0 Å².